The van der Waals surface area contributed by atoms with Gasteiger partial charge < -0.3 is 9.97 Å². The van der Waals surface area contributed by atoms with Crippen molar-refractivity contribution in [1.29, 1.82) is 0 Å². The molecule has 2 aromatic heterocycles. The van der Waals surface area contributed by atoms with Gasteiger partial charge in [0.1, 0.15) is 11.6 Å². The van der Waals surface area contributed by atoms with E-state index in [1.165, 1.54) is 11.8 Å². The SMILES string of the molecule is Cc1cnc([C@@H]2CCN(Cc3[nH]c4ccc(F)cc4c3C)C2)[nH]1. The second-order valence-corrected chi connectivity index (χ2v) is 6.59. The predicted molar refractivity (Wildman–Crippen MR) is 89.0 cm³/mol. The molecule has 0 bridgehead atoms. The zero-order valence-electron chi connectivity index (χ0n) is 13.5. The molecule has 2 N–H and O–H groups in total. The molecular weight excluding hydrogens is 291 g/mol. The number of H-pyrrole nitrogens is 2. The summed E-state index contributed by atoms with van der Waals surface area (Å²) in [5.41, 5.74) is 4.46. The molecule has 5 heteroatoms. The van der Waals surface area contributed by atoms with Crippen molar-refractivity contribution in [1.82, 2.24) is 19.9 Å². The number of aryl methyl sites for hydroxylation is 2. The molecule has 0 aliphatic carbocycles. The van der Waals surface area contributed by atoms with Crippen LogP contribution in [0.4, 0.5) is 4.39 Å². The fourth-order valence-corrected chi connectivity index (χ4v) is 3.58. The van der Waals surface area contributed by atoms with Gasteiger partial charge in [-0.1, -0.05) is 0 Å². The number of likely N-dealkylation sites (tertiary alicyclic amines) is 1. The van der Waals surface area contributed by atoms with E-state index in [9.17, 15) is 4.39 Å². The molecule has 0 radical (unpaired) electrons. The lowest BCUT2D eigenvalue weighted by Crippen LogP contribution is -2.20. The molecule has 1 aliphatic rings. The number of nitrogens with one attached hydrogen (secondary N) is 2. The van der Waals surface area contributed by atoms with Crippen molar-refractivity contribution in [3.63, 3.8) is 0 Å². The van der Waals surface area contributed by atoms with E-state index >= 15 is 0 Å². The number of hydrogen-bond acceptors (Lipinski definition) is 2. The Labute approximate surface area is 134 Å². The summed E-state index contributed by atoms with van der Waals surface area (Å²) in [7, 11) is 0. The molecule has 1 aliphatic heterocycles. The molecule has 3 aromatic rings. The number of nitrogens with zero attached hydrogens (tertiary/aromatic N) is 2. The summed E-state index contributed by atoms with van der Waals surface area (Å²) in [5, 5.41) is 0.984. The van der Waals surface area contributed by atoms with Crippen molar-refractivity contribution >= 4 is 10.9 Å². The molecule has 0 unspecified atom stereocenters. The van der Waals surface area contributed by atoms with Gasteiger partial charge in [-0.15, -0.1) is 0 Å². The minimum absolute atomic E-state index is 0.180. The molecule has 1 aromatic carbocycles. The highest BCUT2D eigenvalue weighted by molar-refractivity contribution is 5.84. The van der Waals surface area contributed by atoms with Crippen LogP contribution in [-0.2, 0) is 6.54 Å². The maximum absolute atomic E-state index is 13.4. The Morgan fingerprint density at radius 3 is 2.96 bits per heavy atom. The van der Waals surface area contributed by atoms with Crippen LogP contribution in [0.2, 0.25) is 0 Å². The summed E-state index contributed by atoms with van der Waals surface area (Å²) in [6.45, 7) is 7.05. The summed E-state index contributed by atoms with van der Waals surface area (Å²) in [4.78, 5) is 13.7. The van der Waals surface area contributed by atoms with Crippen LogP contribution in [0.25, 0.3) is 10.9 Å². The highest BCUT2D eigenvalue weighted by atomic mass is 19.1. The van der Waals surface area contributed by atoms with E-state index in [-0.39, 0.29) is 5.82 Å². The first-order valence-electron chi connectivity index (χ1n) is 8.10. The Balaban J connectivity index is 1.52. The number of benzene rings is 1. The lowest BCUT2D eigenvalue weighted by Gasteiger charge is -2.15. The van der Waals surface area contributed by atoms with Gasteiger partial charge in [0.05, 0.1) is 0 Å². The molecule has 0 spiro atoms. The molecule has 4 nitrogen and oxygen atoms in total. The highest BCUT2D eigenvalue weighted by Gasteiger charge is 2.26. The summed E-state index contributed by atoms with van der Waals surface area (Å²) in [5.74, 6) is 1.40. The summed E-state index contributed by atoms with van der Waals surface area (Å²) in [6.07, 6.45) is 3.02. The second-order valence-electron chi connectivity index (χ2n) is 6.59. The van der Waals surface area contributed by atoms with Crippen LogP contribution in [0.5, 0.6) is 0 Å². The van der Waals surface area contributed by atoms with Crippen LogP contribution < -0.4 is 0 Å². The molecule has 1 atom stereocenters. The van der Waals surface area contributed by atoms with Crippen molar-refractivity contribution < 1.29 is 4.39 Å². The monoisotopic (exact) mass is 312 g/mol. The minimum Gasteiger partial charge on any atom is -0.357 e. The lowest BCUT2D eigenvalue weighted by atomic mass is 10.1. The Kier molecular flexibility index (Phi) is 3.45. The van der Waals surface area contributed by atoms with Crippen molar-refractivity contribution in [2.24, 2.45) is 0 Å². The fourth-order valence-electron chi connectivity index (χ4n) is 3.58. The molecule has 0 amide bonds. The lowest BCUT2D eigenvalue weighted by molar-refractivity contribution is 0.322. The first kappa shape index (κ1) is 14.5. The maximum atomic E-state index is 13.4. The summed E-state index contributed by atoms with van der Waals surface area (Å²) in [6, 6.07) is 4.94. The first-order valence-corrected chi connectivity index (χ1v) is 8.10. The number of aromatic amines is 2. The number of aromatic nitrogens is 3. The van der Waals surface area contributed by atoms with E-state index in [2.05, 4.69) is 26.8 Å². The van der Waals surface area contributed by atoms with Gasteiger partial charge in [0, 0.05) is 47.5 Å². The molecule has 1 fully saturated rings. The van der Waals surface area contributed by atoms with Gasteiger partial charge >= 0.3 is 0 Å². The number of imidazole rings is 1. The number of fused-ring (bicyclic) bond motifs is 1. The Morgan fingerprint density at radius 2 is 2.17 bits per heavy atom. The highest BCUT2D eigenvalue weighted by Crippen LogP contribution is 2.28. The second kappa shape index (κ2) is 5.49. The number of halogens is 1. The van der Waals surface area contributed by atoms with Gasteiger partial charge in [-0.05, 0) is 50.6 Å². The van der Waals surface area contributed by atoms with Gasteiger partial charge in [0.2, 0.25) is 0 Å². The van der Waals surface area contributed by atoms with E-state index in [0.717, 1.165) is 54.0 Å². The normalized spacial score (nSPS) is 19.0. The quantitative estimate of drug-likeness (QED) is 0.776. The largest absolute Gasteiger partial charge is 0.357 e. The van der Waals surface area contributed by atoms with Gasteiger partial charge in [-0.2, -0.15) is 0 Å². The minimum atomic E-state index is -0.180. The average molecular weight is 312 g/mol. The van der Waals surface area contributed by atoms with E-state index in [0.29, 0.717) is 5.92 Å². The third kappa shape index (κ3) is 2.65. The standard InChI is InChI=1S/C18H21FN4/c1-11-8-20-18(21-11)13-5-6-23(9-13)10-17-12(2)15-7-14(19)3-4-16(15)22-17/h3-4,7-8,13,22H,5-6,9-10H2,1-2H3,(H,20,21)/t13-/m1/s1. The van der Waals surface area contributed by atoms with Crippen LogP contribution >= 0.6 is 0 Å². The smallest absolute Gasteiger partial charge is 0.123 e. The van der Waals surface area contributed by atoms with Crippen LogP contribution in [-0.4, -0.2) is 32.9 Å². The molecule has 1 saturated heterocycles. The Morgan fingerprint density at radius 1 is 1.30 bits per heavy atom. The molecular formula is C18H21FN4. The molecule has 0 saturated carbocycles. The molecule has 3 heterocycles. The zero-order valence-corrected chi connectivity index (χ0v) is 13.5. The Bertz CT molecular complexity index is 848. The van der Waals surface area contributed by atoms with Gasteiger partial charge in [0.15, 0.2) is 0 Å². The van der Waals surface area contributed by atoms with E-state index in [1.54, 1.807) is 6.07 Å². The number of rotatable bonds is 3. The predicted octanol–water partition coefficient (Wildman–Crippen LogP) is 3.64. The van der Waals surface area contributed by atoms with E-state index in [4.69, 9.17) is 0 Å². The van der Waals surface area contributed by atoms with Crippen molar-refractivity contribution in [2.75, 3.05) is 13.1 Å². The van der Waals surface area contributed by atoms with E-state index in [1.807, 2.05) is 19.2 Å². The fraction of sp³-hybridized carbons (Fsp3) is 0.389. The van der Waals surface area contributed by atoms with Crippen LogP contribution in [0.1, 0.15) is 35.1 Å². The van der Waals surface area contributed by atoms with Crippen molar-refractivity contribution in [3.05, 3.63) is 53.0 Å². The van der Waals surface area contributed by atoms with Crippen molar-refractivity contribution in [3.8, 4) is 0 Å². The summed E-state index contributed by atoms with van der Waals surface area (Å²) < 4.78 is 13.4. The third-order valence-electron chi connectivity index (χ3n) is 4.89. The number of hydrogen-bond donors (Lipinski definition) is 2. The van der Waals surface area contributed by atoms with Crippen LogP contribution in [0.3, 0.4) is 0 Å². The van der Waals surface area contributed by atoms with Crippen molar-refractivity contribution in [2.45, 2.75) is 32.7 Å². The zero-order chi connectivity index (χ0) is 16.0. The first-order chi connectivity index (χ1) is 11.1. The maximum Gasteiger partial charge on any atom is 0.123 e. The van der Waals surface area contributed by atoms with Crippen LogP contribution in [0, 0.1) is 19.7 Å². The van der Waals surface area contributed by atoms with Crippen LogP contribution in [0.15, 0.2) is 24.4 Å². The average Bonchev–Trinajstić information content (AvgIpc) is 3.22. The molecule has 4 rings (SSSR count). The van der Waals surface area contributed by atoms with Gasteiger partial charge in [-0.25, -0.2) is 9.37 Å². The Hall–Kier alpha value is -2.14. The third-order valence-corrected chi connectivity index (χ3v) is 4.89. The molecule has 23 heavy (non-hydrogen) atoms. The topological polar surface area (TPSA) is 47.7 Å². The molecule has 120 valence electrons. The summed E-state index contributed by atoms with van der Waals surface area (Å²) >= 11 is 0. The van der Waals surface area contributed by atoms with E-state index < -0.39 is 0 Å². The van der Waals surface area contributed by atoms with Gasteiger partial charge in [0.25, 0.3) is 0 Å². The van der Waals surface area contributed by atoms with Gasteiger partial charge in [-0.3, -0.25) is 4.90 Å².